The number of fused-ring (bicyclic) bond motifs is 1. The minimum atomic E-state index is -4.61. The largest absolute Gasteiger partial charge is 0.465 e. The summed E-state index contributed by atoms with van der Waals surface area (Å²) < 4.78 is 41.1. The predicted octanol–water partition coefficient (Wildman–Crippen LogP) is 4.07. The minimum absolute atomic E-state index is 0.0168. The van der Waals surface area contributed by atoms with E-state index < -0.39 is 17.8 Å². The third-order valence-corrected chi connectivity index (χ3v) is 6.75. The third-order valence-electron chi connectivity index (χ3n) is 6.75. The number of aromatic nitrogens is 2. The Morgan fingerprint density at radius 3 is 2.47 bits per heavy atom. The monoisotopic (exact) mass is 526 g/mol. The SMILES string of the molecule is O=C1NCc2cccc(CCc3nc(Nc4ccc(N5CCN(C(=O)O)CC5)cc4)ncc3C(F)(F)F)c21. The number of aryl methyl sites for hydroxylation is 2. The summed E-state index contributed by atoms with van der Waals surface area (Å²) in [5, 5.41) is 14.8. The van der Waals surface area contributed by atoms with Crippen LogP contribution >= 0.6 is 0 Å². The molecule has 3 heterocycles. The van der Waals surface area contributed by atoms with Gasteiger partial charge >= 0.3 is 12.3 Å². The quantitative estimate of drug-likeness (QED) is 0.444. The molecule has 3 N–H and O–H groups in total. The maximum Gasteiger partial charge on any atom is 0.419 e. The van der Waals surface area contributed by atoms with Crippen LogP contribution in [-0.4, -0.2) is 58.2 Å². The average Bonchev–Trinajstić information content (AvgIpc) is 3.29. The standard InChI is InChI=1S/C26H25F3N6O3/c27-26(28,29)20-15-31-24(33-21(20)9-4-16-2-1-3-17-14-30-23(36)22(16)17)32-18-5-7-19(8-6-18)34-10-12-35(13-11-34)25(37)38/h1-3,5-8,15H,4,9-14H2,(H,30,36)(H,37,38)(H,31,32,33). The van der Waals surface area contributed by atoms with Crippen LogP contribution in [0.5, 0.6) is 0 Å². The molecule has 3 aromatic rings. The molecule has 38 heavy (non-hydrogen) atoms. The van der Waals surface area contributed by atoms with Crippen molar-refractivity contribution < 1.29 is 27.9 Å². The highest BCUT2D eigenvalue weighted by atomic mass is 19.4. The summed E-state index contributed by atoms with van der Waals surface area (Å²) in [4.78, 5) is 34.8. The van der Waals surface area contributed by atoms with Gasteiger partial charge in [-0.1, -0.05) is 18.2 Å². The smallest absolute Gasteiger partial charge is 0.419 e. The second kappa shape index (κ2) is 10.2. The number of amides is 2. The molecule has 198 valence electrons. The lowest BCUT2D eigenvalue weighted by atomic mass is 9.97. The van der Waals surface area contributed by atoms with Crippen LogP contribution in [0.15, 0.2) is 48.7 Å². The van der Waals surface area contributed by atoms with Gasteiger partial charge in [0.15, 0.2) is 0 Å². The fraction of sp³-hybridized carbons (Fsp3) is 0.308. The number of carbonyl (C=O) groups is 2. The van der Waals surface area contributed by atoms with E-state index in [1.807, 2.05) is 18.2 Å². The van der Waals surface area contributed by atoms with Crippen molar-refractivity contribution in [2.24, 2.45) is 0 Å². The number of nitrogens with zero attached hydrogens (tertiary/aromatic N) is 4. The molecule has 12 heteroatoms. The Balaban J connectivity index is 1.30. The van der Waals surface area contributed by atoms with Gasteiger partial charge in [0, 0.05) is 55.9 Å². The Bertz CT molecular complexity index is 1360. The summed E-state index contributed by atoms with van der Waals surface area (Å²) in [5.41, 5.74) is 2.49. The molecule has 2 aromatic carbocycles. The summed E-state index contributed by atoms with van der Waals surface area (Å²) in [6.45, 7) is 2.37. The first-order chi connectivity index (χ1) is 18.2. The second-order valence-electron chi connectivity index (χ2n) is 9.11. The van der Waals surface area contributed by atoms with Crippen molar-refractivity contribution in [3.05, 3.63) is 76.6 Å². The first kappa shape index (κ1) is 25.3. The molecule has 2 amide bonds. The third kappa shape index (κ3) is 5.34. The fourth-order valence-electron chi connectivity index (χ4n) is 4.76. The molecule has 0 radical (unpaired) electrons. The van der Waals surface area contributed by atoms with Crippen LogP contribution in [0.4, 0.5) is 35.3 Å². The van der Waals surface area contributed by atoms with E-state index in [1.165, 1.54) is 4.90 Å². The summed E-state index contributed by atoms with van der Waals surface area (Å²) in [6, 6.07) is 12.6. The summed E-state index contributed by atoms with van der Waals surface area (Å²) in [7, 11) is 0. The van der Waals surface area contributed by atoms with Crippen LogP contribution in [0.25, 0.3) is 0 Å². The van der Waals surface area contributed by atoms with Crippen molar-refractivity contribution in [3.8, 4) is 0 Å². The summed E-state index contributed by atoms with van der Waals surface area (Å²) >= 11 is 0. The van der Waals surface area contributed by atoms with Crippen molar-refractivity contribution in [1.29, 1.82) is 0 Å². The van der Waals surface area contributed by atoms with Crippen LogP contribution in [0.2, 0.25) is 0 Å². The zero-order valence-electron chi connectivity index (χ0n) is 20.3. The lowest BCUT2D eigenvalue weighted by Gasteiger charge is -2.34. The number of nitrogens with one attached hydrogen (secondary N) is 2. The molecule has 1 fully saturated rings. The molecule has 1 aromatic heterocycles. The molecular weight excluding hydrogens is 501 g/mol. The first-order valence-electron chi connectivity index (χ1n) is 12.1. The van der Waals surface area contributed by atoms with Crippen LogP contribution in [0.3, 0.4) is 0 Å². The number of benzene rings is 2. The van der Waals surface area contributed by atoms with Crippen LogP contribution < -0.4 is 15.5 Å². The van der Waals surface area contributed by atoms with Gasteiger partial charge in [-0.2, -0.15) is 13.2 Å². The zero-order chi connectivity index (χ0) is 26.9. The normalized spacial score (nSPS) is 15.3. The van der Waals surface area contributed by atoms with Crippen molar-refractivity contribution >= 4 is 29.3 Å². The molecule has 0 saturated carbocycles. The fourth-order valence-corrected chi connectivity index (χ4v) is 4.76. The van der Waals surface area contributed by atoms with E-state index in [4.69, 9.17) is 5.11 Å². The molecule has 0 aliphatic carbocycles. The van der Waals surface area contributed by atoms with Gasteiger partial charge in [0.05, 0.1) is 11.3 Å². The number of carboxylic acid groups (broad SMARTS) is 1. The number of anilines is 3. The highest BCUT2D eigenvalue weighted by Crippen LogP contribution is 2.33. The Labute approximate surface area is 216 Å². The van der Waals surface area contributed by atoms with Gasteiger partial charge in [-0.3, -0.25) is 4.79 Å². The molecule has 2 aliphatic heterocycles. The molecule has 0 spiro atoms. The molecule has 0 unspecified atom stereocenters. The summed E-state index contributed by atoms with van der Waals surface area (Å²) in [6.07, 6.45) is -4.56. The van der Waals surface area contributed by atoms with Crippen molar-refractivity contribution in [2.45, 2.75) is 25.6 Å². The molecule has 5 rings (SSSR count). The Kier molecular flexibility index (Phi) is 6.79. The van der Waals surface area contributed by atoms with E-state index in [0.29, 0.717) is 49.5 Å². The van der Waals surface area contributed by atoms with Crippen molar-refractivity contribution in [1.82, 2.24) is 20.2 Å². The van der Waals surface area contributed by atoms with Gasteiger partial charge in [0.2, 0.25) is 5.95 Å². The van der Waals surface area contributed by atoms with E-state index in [9.17, 15) is 22.8 Å². The van der Waals surface area contributed by atoms with E-state index in [-0.39, 0.29) is 30.4 Å². The Morgan fingerprint density at radius 2 is 1.79 bits per heavy atom. The van der Waals surface area contributed by atoms with Gasteiger partial charge in [0.25, 0.3) is 5.91 Å². The van der Waals surface area contributed by atoms with Gasteiger partial charge in [-0.25, -0.2) is 14.8 Å². The molecule has 0 atom stereocenters. The molecule has 0 bridgehead atoms. The van der Waals surface area contributed by atoms with Gasteiger partial charge in [-0.15, -0.1) is 0 Å². The Morgan fingerprint density at radius 1 is 1.05 bits per heavy atom. The maximum absolute atomic E-state index is 13.7. The van der Waals surface area contributed by atoms with Crippen LogP contribution in [0.1, 0.15) is 32.7 Å². The molecular formula is C26H25F3N6O3. The van der Waals surface area contributed by atoms with Crippen molar-refractivity contribution in [3.63, 3.8) is 0 Å². The van der Waals surface area contributed by atoms with Crippen LogP contribution in [-0.2, 0) is 25.6 Å². The lowest BCUT2D eigenvalue weighted by molar-refractivity contribution is -0.138. The first-order valence-corrected chi connectivity index (χ1v) is 12.1. The lowest BCUT2D eigenvalue weighted by Crippen LogP contribution is -2.48. The topological polar surface area (TPSA) is 111 Å². The average molecular weight is 527 g/mol. The van der Waals surface area contributed by atoms with Crippen molar-refractivity contribution in [2.75, 3.05) is 36.4 Å². The second-order valence-corrected chi connectivity index (χ2v) is 9.11. The van der Waals surface area contributed by atoms with Gasteiger partial charge in [0.1, 0.15) is 0 Å². The molecule has 1 saturated heterocycles. The zero-order valence-corrected chi connectivity index (χ0v) is 20.3. The predicted molar refractivity (Wildman–Crippen MR) is 134 cm³/mol. The van der Waals surface area contributed by atoms with Gasteiger partial charge < -0.3 is 25.5 Å². The summed E-state index contributed by atoms with van der Waals surface area (Å²) in [5.74, 6) is -0.184. The number of hydrogen-bond donors (Lipinski definition) is 3. The van der Waals surface area contributed by atoms with E-state index in [0.717, 1.165) is 17.4 Å². The molecule has 9 nitrogen and oxygen atoms in total. The number of halogens is 3. The Hall–Kier alpha value is -4.35. The molecule has 2 aliphatic rings. The number of hydrogen-bond acceptors (Lipinski definition) is 6. The highest BCUT2D eigenvalue weighted by molar-refractivity contribution is 5.99. The van der Waals surface area contributed by atoms with E-state index >= 15 is 0 Å². The van der Waals surface area contributed by atoms with Crippen LogP contribution in [0, 0.1) is 0 Å². The number of rotatable bonds is 6. The highest BCUT2D eigenvalue weighted by Gasteiger charge is 2.35. The van der Waals surface area contributed by atoms with E-state index in [1.54, 1.807) is 24.3 Å². The minimum Gasteiger partial charge on any atom is -0.465 e. The number of alkyl halides is 3. The number of piperazine rings is 1. The number of carbonyl (C=O) groups excluding carboxylic acids is 1. The van der Waals surface area contributed by atoms with Gasteiger partial charge in [-0.05, 0) is 48.2 Å². The van der Waals surface area contributed by atoms with E-state index in [2.05, 4.69) is 25.5 Å². The maximum atomic E-state index is 13.7.